The van der Waals surface area contributed by atoms with Crippen LogP contribution in [0.2, 0.25) is 5.02 Å². The lowest BCUT2D eigenvalue weighted by atomic mass is 10.1. The fourth-order valence-electron chi connectivity index (χ4n) is 1.45. The molecule has 1 aromatic heterocycles. The van der Waals surface area contributed by atoms with E-state index in [-0.39, 0.29) is 5.78 Å². The first-order valence-electron chi connectivity index (χ1n) is 4.20. The molecule has 13 heavy (non-hydrogen) atoms. The number of carbonyl (C=O) groups is 1. The van der Waals surface area contributed by atoms with Crippen molar-refractivity contribution in [1.82, 2.24) is 0 Å². The Hall–Kier alpha value is -0.600. The molecule has 0 bridgehead atoms. The molecule has 0 N–H and O–H groups in total. The van der Waals surface area contributed by atoms with Gasteiger partial charge in [0.05, 0.1) is 5.02 Å². The number of halogens is 1. The van der Waals surface area contributed by atoms with Crippen molar-refractivity contribution in [2.75, 3.05) is 0 Å². The molecular weight excluding hydrogens is 204 g/mol. The van der Waals surface area contributed by atoms with E-state index in [1.165, 1.54) is 10.5 Å². The largest absolute Gasteiger partial charge is 0.295 e. The van der Waals surface area contributed by atoms with Gasteiger partial charge in [-0.15, -0.1) is 11.3 Å². The van der Waals surface area contributed by atoms with Gasteiger partial charge in [0.25, 0.3) is 0 Å². The summed E-state index contributed by atoms with van der Waals surface area (Å²) < 4.78 is 0. The summed E-state index contributed by atoms with van der Waals surface area (Å²) in [7, 11) is 0. The molecule has 0 spiro atoms. The van der Waals surface area contributed by atoms with Gasteiger partial charge in [0, 0.05) is 17.7 Å². The molecule has 68 valence electrons. The normalized spacial score (nSPS) is 16.4. The van der Waals surface area contributed by atoms with Crippen molar-refractivity contribution < 1.29 is 4.79 Å². The Labute approximate surface area is 86.0 Å². The van der Waals surface area contributed by atoms with E-state index in [9.17, 15) is 4.79 Å². The fourth-order valence-corrected chi connectivity index (χ4v) is 2.61. The van der Waals surface area contributed by atoms with Crippen LogP contribution in [0.4, 0.5) is 0 Å². The maximum absolute atomic E-state index is 11.0. The molecular formula is C10H9ClOS. The molecule has 0 radical (unpaired) electrons. The van der Waals surface area contributed by atoms with E-state index in [2.05, 4.69) is 0 Å². The van der Waals surface area contributed by atoms with Gasteiger partial charge >= 0.3 is 0 Å². The van der Waals surface area contributed by atoms with Crippen LogP contribution in [0.5, 0.6) is 0 Å². The molecule has 0 aromatic carbocycles. The quantitative estimate of drug-likeness (QED) is 0.736. The van der Waals surface area contributed by atoms with Crippen LogP contribution in [0.1, 0.15) is 17.7 Å². The third kappa shape index (κ3) is 2.01. The summed E-state index contributed by atoms with van der Waals surface area (Å²) in [4.78, 5) is 12.1. The Balaban J connectivity index is 2.11. The van der Waals surface area contributed by atoms with Crippen LogP contribution in [0.15, 0.2) is 23.1 Å². The molecule has 0 fully saturated rings. The molecule has 1 aromatic rings. The summed E-state index contributed by atoms with van der Waals surface area (Å²) in [5.74, 6) is 0.252. The molecule has 1 heterocycles. The first-order chi connectivity index (χ1) is 6.25. The number of rotatable bonds is 2. The lowest BCUT2D eigenvalue weighted by molar-refractivity contribution is -0.114. The molecule has 1 aliphatic carbocycles. The predicted octanol–water partition coefficient (Wildman–Crippen LogP) is 3.23. The van der Waals surface area contributed by atoms with Gasteiger partial charge in [-0.2, -0.15) is 0 Å². The van der Waals surface area contributed by atoms with Gasteiger partial charge in [0.2, 0.25) is 0 Å². The zero-order valence-corrected chi connectivity index (χ0v) is 8.62. The van der Waals surface area contributed by atoms with Gasteiger partial charge in [0.15, 0.2) is 5.78 Å². The van der Waals surface area contributed by atoms with Gasteiger partial charge in [-0.3, -0.25) is 4.79 Å². The van der Waals surface area contributed by atoms with Gasteiger partial charge < -0.3 is 0 Å². The highest BCUT2D eigenvalue weighted by Crippen LogP contribution is 2.28. The van der Waals surface area contributed by atoms with E-state index in [1.807, 2.05) is 11.4 Å². The zero-order chi connectivity index (χ0) is 9.26. The van der Waals surface area contributed by atoms with E-state index in [0.29, 0.717) is 6.42 Å². The van der Waals surface area contributed by atoms with Crippen molar-refractivity contribution >= 4 is 28.7 Å². The molecule has 0 saturated heterocycles. The average molecular weight is 213 g/mol. The van der Waals surface area contributed by atoms with Crippen LogP contribution in [0.3, 0.4) is 0 Å². The third-order valence-corrected chi connectivity index (χ3v) is 3.52. The predicted molar refractivity (Wildman–Crippen MR) is 55.4 cm³/mol. The number of thiophene rings is 1. The van der Waals surface area contributed by atoms with Crippen LogP contribution >= 0.6 is 22.9 Å². The SMILES string of the molecule is O=C1C=C(Cc2sccc2Cl)CC1. The fraction of sp³-hybridized carbons (Fsp3) is 0.300. The molecule has 2 rings (SSSR count). The summed E-state index contributed by atoms with van der Waals surface area (Å²) in [6.07, 6.45) is 4.20. The van der Waals surface area contributed by atoms with E-state index in [0.717, 1.165) is 17.9 Å². The molecule has 0 aliphatic heterocycles. The Bertz CT molecular complexity index is 365. The van der Waals surface area contributed by atoms with Crippen LogP contribution < -0.4 is 0 Å². The standard InChI is InChI=1S/C10H9ClOS/c11-9-3-4-13-10(9)6-7-1-2-8(12)5-7/h3-5H,1-2,6H2. The second-order valence-corrected chi connectivity index (χ2v) is 4.55. The third-order valence-electron chi connectivity index (χ3n) is 2.14. The van der Waals surface area contributed by atoms with Crippen molar-refractivity contribution in [3.8, 4) is 0 Å². The molecule has 1 nitrogen and oxygen atoms in total. The molecule has 0 unspecified atom stereocenters. The smallest absolute Gasteiger partial charge is 0.155 e. The van der Waals surface area contributed by atoms with E-state index in [1.54, 1.807) is 17.4 Å². The molecule has 3 heteroatoms. The number of carbonyl (C=O) groups excluding carboxylic acids is 1. The number of ketones is 1. The van der Waals surface area contributed by atoms with Crippen molar-refractivity contribution in [1.29, 1.82) is 0 Å². The number of hydrogen-bond donors (Lipinski definition) is 0. The second-order valence-electron chi connectivity index (χ2n) is 3.14. The number of hydrogen-bond acceptors (Lipinski definition) is 2. The second kappa shape index (κ2) is 3.64. The van der Waals surface area contributed by atoms with E-state index >= 15 is 0 Å². The summed E-state index contributed by atoms with van der Waals surface area (Å²) in [5.41, 5.74) is 1.22. The first-order valence-corrected chi connectivity index (χ1v) is 5.45. The maximum atomic E-state index is 11.0. The van der Waals surface area contributed by atoms with Crippen LogP contribution in [-0.4, -0.2) is 5.78 Å². The summed E-state index contributed by atoms with van der Waals surface area (Å²) >= 11 is 7.61. The summed E-state index contributed by atoms with van der Waals surface area (Å²) in [6.45, 7) is 0. The molecule has 0 atom stereocenters. The van der Waals surface area contributed by atoms with E-state index in [4.69, 9.17) is 11.6 Å². The molecule has 1 aliphatic rings. The summed E-state index contributed by atoms with van der Waals surface area (Å²) in [5, 5.41) is 2.81. The van der Waals surface area contributed by atoms with Crippen molar-refractivity contribution in [2.24, 2.45) is 0 Å². The minimum atomic E-state index is 0.252. The maximum Gasteiger partial charge on any atom is 0.155 e. The Morgan fingerprint density at radius 3 is 2.85 bits per heavy atom. The Morgan fingerprint density at radius 2 is 2.31 bits per heavy atom. The summed E-state index contributed by atoms with van der Waals surface area (Å²) in [6, 6.07) is 1.90. The molecule has 0 amide bonds. The Kier molecular flexibility index (Phi) is 2.51. The first kappa shape index (κ1) is 8.97. The minimum absolute atomic E-state index is 0.252. The number of allylic oxidation sites excluding steroid dienone is 2. The van der Waals surface area contributed by atoms with Crippen LogP contribution in [0, 0.1) is 0 Å². The van der Waals surface area contributed by atoms with Crippen LogP contribution in [0.25, 0.3) is 0 Å². The monoisotopic (exact) mass is 212 g/mol. The average Bonchev–Trinajstić information content (AvgIpc) is 2.64. The lowest BCUT2D eigenvalue weighted by Gasteiger charge is -1.98. The van der Waals surface area contributed by atoms with Crippen LogP contribution in [-0.2, 0) is 11.2 Å². The van der Waals surface area contributed by atoms with Gasteiger partial charge in [0.1, 0.15) is 0 Å². The molecule has 0 saturated carbocycles. The Morgan fingerprint density at radius 1 is 1.46 bits per heavy atom. The van der Waals surface area contributed by atoms with E-state index < -0.39 is 0 Å². The van der Waals surface area contributed by atoms with Gasteiger partial charge in [-0.05, 0) is 23.9 Å². The highest BCUT2D eigenvalue weighted by molar-refractivity contribution is 7.10. The zero-order valence-electron chi connectivity index (χ0n) is 7.05. The minimum Gasteiger partial charge on any atom is -0.295 e. The highest BCUT2D eigenvalue weighted by atomic mass is 35.5. The van der Waals surface area contributed by atoms with Gasteiger partial charge in [-0.1, -0.05) is 17.2 Å². The van der Waals surface area contributed by atoms with Crippen molar-refractivity contribution in [3.63, 3.8) is 0 Å². The lowest BCUT2D eigenvalue weighted by Crippen LogP contribution is -1.83. The topological polar surface area (TPSA) is 17.1 Å². The van der Waals surface area contributed by atoms with Crippen molar-refractivity contribution in [3.05, 3.63) is 33.0 Å². The van der Waals surface area contributed by atoms with Crippen molar-refractivity contribution in [2.45, 2.75) is 19.3 Å². The van der Waals surface area contributed by atoms with Gasteiger partial charge in [-0.25, -0.2) is 0 Å². The highest BCUT2D eigenvalue weighted by Gasteiger charge is 2.13.